The van der Waals surface area contributed by atoms with Gasteiger partial charge in [0.2, 0.25) is 0 Å². The van der Waals surface area contributed by atoms with Crippen LogP contribution in [0.15, 0.2) is 5.11 Å². The Labute approximate surface area is 337 Å². The summed E-state index contributed by atoms with van der Waals surface area (Å²) in [5.41, 5.74) is 8.95. The number of hydrogen-bond donors (Lipinski definition) is 2. The maximum absolute atomic E-state index is 14.0. The number of carbonyl (C=O) groups is 3. The van der Waals surface area contributed by atoms with E-state index in [4.69, 9.17) is 67.1 Å². The fraction of sp³-hybridized carbons (Fsp3) is 0.919. The maximum atomic E-state index is 14.0. The Morgan fingerprint density at radius 3 is 1.19 bits per heavy atom. The van der Waals surface area contributed by atoms with E-state index in [0.29, 0.717) is 0 Å². The zero-order valence-corrected chi connectivity index (χ0v) is 35.4. The van der Waals surface area contributed by atoms with Crippen LogP contribution in [0.5, 0.6) is 0 Å². The minimum Gasteiger partial charge on any atom is -0.467 e. The first-order valence-corrected chi connectivity index (χ1v) is 19.5. The molecule has 0 unspecified atom stereocenters. The predicted octanol–water partition coefficient (Wildman–Crippen LogP) is 1.82. The number of nitrogens with zero attached hydrogens (tertiary/aromatic N) is 3. The van der Waals surface area contributed by atoms with Gasteiger partial charge in [-0.1, -0.05) is 5.11 Å². The van der Waals surface area contributed by atoms with Crippen LogP contribution in [0, 0.1) is 0 Å². The minimum atomic E-state index is -1.21. The molecule has 0 aromatic carbocycles. The Hall–Kier alpha value is -2.76. The molecule has 0 aliphatic carbocycles. The van der Waals surface area contributed by atoms with Gasteiger partial charge in [0.15, 0.2) is 53.0 Å². The normalized spacial score (nSPS) is 40.2. The second-order valence-electron chi connectivity index (χ2n) is 17.9. The zero-order chi connectivity index (χ0) is 42.8. The zero-order valence-electron chi connectivity index (χ0n) is 35.4. The molecule has 0 bridgehead atoms. The number of methoxy groups -OCH3 is 1. The smallest absolute Gasteiger partial charge is 0.337 e. The summed E-state index contributed by atoms with van der Waals surface area (Å²) in [5.74, 6) is -8.43. The van der Waals surface area contributed by atoms with Crippen LogP contribution < -0.4 is 10.6 Å². The van der Waals surface area contributed by atoms with Crippen LogP contribution in [0.25, 0.3) is 10.4 Å². The molecule has 6 saturated heterocycles. The lowest BCUT2D eigenvalue weighted by Gasteiger charge is -2.28. The molecule has 6 aliphatic heterocycles. The summed E-state index contributed by atoms with van der Waals surface area (Å²) < 4.78 is 78.7. The summed E-state index contributed by atoms with van der Waals surface area (Å²) in [6.45, 7) is 20.2. The number of esters is 1. The van der Waals surface area contributed by atoms with Crippen LogP contribution in [-0.2, 0) is 76.0 Å². The summed E-state index contributed by atoms with van der Waals surface area (Å²) in [6, 6.07) is 0. The van der Waals surface area contributed by atoms with Crippen molar-refractivity contribution in [3.05, 3.63) is 10.4 Å². The first kappa shape index (κ1) is 44.8. The van der Waals surface area contributed by atoms with E-state index in [2.05, 4.69) is 20.7 Å². The van der Waals surface area contributed by atoms with Gasteiger partial charge in [0.05, 0.1) is 19.8 Å². The first-order chi connectivity index (χ1) is 26.7. The number of azide groups is 1. The van der Waals surface area contributed by atoms with Crippen molar-refractivity contribution in [2.75, 3.05) is 26.7 Å². The van der Waals surface area contributed by atoms with Crippen LogP contribution in [0.4, 0.5) is 0 Å². The monoisotopic (exact) mass is 829 g/mol. The van der Waals surface area contributed by atoms with Crippen molar-refractivity contribution in [1.29, 1.82) is 0 Å². The van der Waals surface area contributed by atoms with E-state index in [-0.39, 0.29) is 19.6 Å². The molecule has 6 aliphatic rings. The minimum absolute atomic E-state index is 0.0457. The molecule has 0 radical (unpaired) electrons. The van der Waals surface area contributed by atoms with Crippen molar-refractivity contribution >= 4 is 17.8 Å². The molecule has 328 valence electrons. The summed E-state index contributed by atoms with van der Waals surface area (Å²) in [5, 5.41) is 9.47. The molecule has 0 saturated carbocycles. The number of carbonyl (C=O) groups excluding carboxylic acids is 3. The molecule has 6 heterocycles. The summed E-state index contributed by atoms with van der Waals surface area (Å²) in [7, 11) is 1.26. The van der Waals surface area contributed by atoms with Gasteiger partial charge in [0.1, 0.15) is 48.8 Å². The van der Waals surface area contributed by atoms with Gasteiger partial charge in [-0.3, -0.25) is 9.59 Å². The summed E-state index contributed by atoms with van der Waals surface area (Å²) in [4.78, 5) is 43.5. The van der Waals surface area contributed by atoms with Crippen molar-refractivity contribution < 1.29 is 76.0 Å². The highest BCUT2D eigenvalue weighted by atomic mass is 16.8. The Morgan fingerprint density at radius 1 is 0.500 bits per heavy atom. The average Bonchev–Trinajstić information content (AvgIpc) is 3.92. The van der Waals surface area contributed by atoms with Gasteiger partial charge in [-0.05, 0) is 88.6 Å². The van der Waals surface area contributed by atoms with E-state index < -0.39 is 126 Å². The van der Waals surface area contributed by atoms with E-state index in [0.717, 1.165) is 0 Å². The molecule has 21 nitrogen and oxygen atoms in total. The summed E-state index contributed by atoms with van der Waals surface area (Å²) >= 11 is 0. The second kappa shape index (κ2) is 15.9. The van der Waals surface area contributed by atoms with Gasteiger partial charge in [-0.25, -0.2) is 4.79 Å². The Morgan fingerprint density at radius 2 is 0.810 bits per heavy atom. The molecular formula is C37H59N5O16. The molecular weight excluding hydrogens is 770 g/mol. The second-order valence-corrected chi connectivity index (χ2v) is 17.9. The number of nitrogens with one attached hydrogen (secondary N) is 2. The Balaban J connectivity index is 1.14. The topological polar surface area (TPSA) is 244 Å². The number of hydrogen-bond acceptors (Lipinski definition) is 17. The van der Waals surface area contributed by atoms with Crippen molar-refractivity contribution in [3.63, 3.8) is 0 Å². The SMILES string of the molecule is COC(=O)[C@@H]1OC(C)(C)O[C@H]1[C@H]1OC(C)(C)O[C@@H]1CNC(=O)[C@@H]1OC(C)(C)O[C@H]1[C@H]1OC(C)(C)O[C@@H]1CNC(=O)[C@@H]1OC(C)(C)O[C@H]1[C@H]1OC(C)(C)O[C@@H]1CN=[N+]=[N-]. The first-order valence-electron chi connectivity index (χ1n) is 19.5. The lowest BCUT2D eigenvalue weighted by molar-refractivity contribution is -0.176. The fourth-order valence-electron chi connectivity index (χ4n) is 8.39. The highest BCUT2D eigenvalue weighted by Crippen LogP contribution is 2.42. The maximum Gasteiger partial charge on any atom is 0.337 e. The molecule has 6 rings (SSSR count). The van der Waals surface area contributed by atoms with Crippen LogP contribution in [0.2, 0.25) is 0 Å². The van der Waals surface area contributed by atoms with Crippen molar-refractivity contribution in [1.82, 2.24) is 10.6 Å². The number of ether oxygens (including phenoxy) is 13. The summed E-state index contributed by atoms with van der Waals surface area (Å²) in [6.07, 6.45) is -11.1. The van der Waals surface area contributed by atoms with Gasteiger partial charge in [0.25, 0.3) is 11.8 Å². The lowest BCUT2D eigenvalue weighted by atomic mass is 10.0. The van der Waals surface area contributed by atoms with Crippen LogP contribution >= 0.6 is 0 Å². The van der Waals surface area contributed by atoms with Crippen molar-refractivity contribution in [2.24, 2.45) is 5.11 Å². The van der Waals surface area contributed by atoms with Gasteiger partial charge in [0, 0.05) is 18.0 Å². The average molecular weight is 830 g/mol. The van der Waals surface area contributed by atoms with E-state index in [9.17, 15) is 14.4 Å². The molecule has 0 aromatic rings. The molecule has 2 amide bonds. The van der Waals surface area contributed by atoms with Crippen LogP contribution in [0.1, 0.15) is 83.1 Å². The number of rotatable bonds is 12. The quantitative estimate of drug-likeness (QED) is 0.123. The van der Waals surface area contributed by atoms with E-state index in [1.807, 2.05) is 0 Å². The molecule has 6 fully saturated rings. The highest BCUT2D eigenvalue weighted by molar-refractivity contribution is 5.82. The Kier molecular flexibility index (Phi) is 12.3. The fourth-order valence-corrected chi connectivity index (χ4v) is 8.39. The standard InChI is InChI=1S/C37H59N5O16/c1-32(2)47-17(14-39-30(44)27-24(54-36(9,10)57-27)22-19(16-41-42-38)49-34(5,6)52-22)20(50-32)23-26(56-35(7,8)53-23)29(43)40-15-18-21(51-33(3,4)48-18)25-28(31(45)46-13)58-37(11,12)55-25/h17-28H,14-16H2,1-13H3,(H,39,44)(H,40,43)/t17-,18-,19-,20+,21+,22+,23+,24+,25+,26-,27-,28-/m1/s1. The van der Waals surface area contributed by atoms with Crippen molar-refractivity contribution in [2.45, 2.75) is 191 Å². The van der Waals surface area contributed by atoms with E-state index in [1.165, 1.54) is 7.11 Å². The molecule has 0 aromatic heterocycles. The van der Waals surface area contributed by atoms with Crippen molar-refractivity contribution in [3.8, 4) is 0 Å². The third kappa shape index (κ3) is 9.88. The lowest BCUT2D eigenvalue weighted by Crippen LogP contribution is -2.54. The molecule has 2 N–H and O–H groups in total. The highest BCUT2D eigenvalue weighted by Gasteiger charge is 2.60. The van der Waals surface area contributed by atoms with E-state index >= 15 is 0 Å². The third-order valence-electron chi connectivity index (χ3n) is 10.3. The molecule has 21 heteroatoms. The largest absolute Gasteiger partial charge is 0.467 e. The molecule has 58 heavy (non-hydrogen) atoms. The van der Waals surface area contributed by atoms with Crippen LogP contribution in [-0.4, -0.2) is 152 Å². The third-order valence-corrected chi connectivity index (χ3v) is 10.3. The van der Waals surface area contributed by atoms with E-state index in [1.54, 1.807) is 83.1 Å². The number of amides is 2. The molecule has 12 atom stereocenters. The van der Waals surface area contributed by atoms with Gasteiger partial charge in [-0.2, -0.15) is 0 Å². The van der Waals surface area contributed by atoms with Crippen LogP contribution in [0.3, 0.4) is 0 Å². The molecule has 0 spiro atoms. The van der Waals surface area contributed by atoms with Gasteiger partial charge < -0.3 is 72.2 Å². The Bertz CT molecular complexity index is 1620. The van der Waals surface area contributed by atoms with Gasteiger partial charge in [-0.15, -0.1) is 0 Å². The van der Waals surface area contributed by atoms with Gasteiger partial charge >= 0.3 is 5.97 Å². The predicted molar refractivity (Wildman–Crippen MR) is 195 cm³/mol.